The van der Waals surface area contributed by atoms with Gasteiger partial charge in [-0.25, -0.2) is 8.78 Å². The van der Waals surface area contributed by atoms with Crippen molar-refractivity contribution in [1.82, 2.24) is 0 Å². The van der Waals surface area contributed by atoms with E-state index in [4.69, 9.17) is 9.47 Å². The first-order valence-electron chi connectivity index (χ1n) is 4.37. The second-order valence-corrected chi connectivity index (χ2v) is 2.84. The van der Waals surface area contributed by atoms with Crippen LogP contribution in [0.3, 0.4) is 0 Å². The molecule has 0 N–H and O–H groups in total. The van der Waals surface area contributed by atoms with Crippen molar-refractivity contribution < 1.29 is 18.3 Å². The summed E-state index contributed by atoms with van der Waals surface area (Å²) >= 11 is 0. The largest absolute Gasteiger partial charge is 0.352 e. The molecule has 0 spiro atoms. The Labute approximate surface area is 87.1 Å². The monoisotopic (exact) mass is 214 g/mol. The summed E-state index contributed by atoms with van der Waals surface area (Å²) in [6, 6.07) is 3.97. The molecular weight excluding hydrogens is 202 g/mol. The topological polar surface area (TPSA) is 18.5 Å². The minimum Gasteiger partial charge on any atom is -0.352 e. The molecule has 0 amide bonds. The van der Waals surface area contributed by atoms with Crippen molar-refractivity contribution in [2.45, 2.75) is 6.29 Å². The van der Waals surface area contributed by atoms with Gasteiger partial charge in [0.25, 0.3) is 0 Å². The fraction of sp³-hybridized carbons (Fsp3) is 0.273. The molecule has 0 unspecified atom stereocenters. The van der Waals surface area contributed by atoms with E-state index in [1.807, 2.05) is 0 Å². The number of rotatable bonds is 4. The number of hydrogen-bond donors (Lipinski definition) is 0. The van der Waals surface area contributed by atoms with E-state index in [0.717, 1.165) is 6.07 Å². The van der Waals surface area contributed by atoms with Gasteiger partial charge in [-0.15, -0.1) is 0 Å². The van der Waals surface area contributed by atoms with Crippen LogP contribution in [0.1, 0.15) is 5.56 Å². The SMILES string of the molecule is COC(/C=C/c1cccc(F)c1F)OC. The molecule has 4 heteroatoms. The van der Waals surface area contributed by atoms with Crippen molar-refractivity contribution in [3.05, 3.63) is 41.5 Å². The van der Waals surface area contributed by atoms with Crippen LogP contribution in [0.25, 0.3) is 6.08 Å². The lowest BCUT2D eigenvalue weighted by atomic mass is 10.2. The Bertz CT molecular complexity index is 346. The molecule has 0 saturated heterocycles. The summed E-state index contributed by atoms with van der Waals surface area (Å²) in [5.74, 6) is -1.75. The summed E-state index contributed by atoms with van der Waals surface area (Å²) in [7, 11) is 2.92. The zero-order chi connectivity index (χ0) is 11.3. The first-order valence-corrected chi connectivity index (χ1v) is 4.37. The summed E-state index contributed by atoms with van der Waals surface area (Å²) < 4.78 is 35.7. The van der Waals surface area contributed by atoms with E-state index in [0.29, 0.717) is 0 Å². The molecule has 0 aliphatic heterocycles. The van der Waals surface area contributed by atoms with Crippen LogP contribution in [-0.4, -0.2) is 20.5 Å². The van der Waals surface area contributed by atoms with Gasteiger partial charge in [0.15, 0.2) is 17.9 Å². The van der Waals surface area contributed by atoms with Gasteiger partial charge >= 0.3 is 0 Å². The molecule has 0 aromatic heterocycles. The fourth-order valence-electron chi connectivity index (χ4n) is 1.08. The predicted molar refractivity (Wildman–Crippen MR) is 53.2 cm³/mol. The maximum absolute atomic E-state index is 13.2. The maximum atomic E-state index is 13.2. The molecule has 1 aromatic rings. The van der Waals surface area contributed by atoms with Gasteiger partial charge in [-0.05, 0) is 12.1 Å². The Morgan fingerprint density at radius 1 is 1.20 bits per heavy atom. The number of benzene rings is 1. The molecular formula is C11H12F2O2. The van der Waals surface area contributed by atoms with E-state index >= 15 is 0 Å². The highest BCUT2D eigenvalue weighted by atomic mass is 19.2. The quantitative estimate of drug-likeness (QED) is 0.717. The summed E-state index contributed by atoms with van der Waals surface area (Å²) in [5, 5.41) is 0. The normalized spacial score (nSPS) is 11.5. The third-order valence-corrected chi connectivity index (χ3v) is 1.88. The molecule has 15 heavy (non-hydrogen) atoms. The molecule has 1 aromatic carbocycles. The van der Waals surface area contributed by atoms with Gasteiger partial charge in [-0.2, -0.15) is 0 Å². The van der Waals surface area contributed by atoms with E-state index in [9.17, 15) is 8.78 Å². The van der Waals surface area contributed by atoms with Gasteiger partial charge in [0.1, 0.15) is 0 Å². The minimum absolute atomic E-state index is 0.161. The number of halogens is 2. The minimum atomic E-state index is -0.875. The Morgan fingerprint density at radius 2 is 1.87 bits per heavy atom. The van der Waals surface area contributed by atoms with Crippen LogP contribution in [0.2, 0.25) is 0 Å². The van der Waals surface area contributed by atoms with Crippen molar-refractivity contribution in [2.24, 2.45) is 0 Å². The van der Waals surface area contributed by atoms with E-state index in [1.165, 1.54) is 38.5 Å². The average molecular weight is 214 g/mol. The summed E-state index contributed by atoms with van der Waals surface area (Å²) in [6.07, 6.45) is 2.35. The van der Waals surface area contributed by atoms with Crippen LogP contribution in [0.15, 0.2) is 24.3 Å². The predicted octanol–water partition coefficient (Wildman–Crippen LogP) is 2.60. The molecule has 0 aliphatic rings. The van der Waals surface area contributed by atoms with Gasteiger partial charge < -0.3 is 9.47 Å². The van der Waals surface area contributed by atoms with Crippen LogP contribution in [0, 0.1) is 11.6 Å². The molecule has 0 atom stereocenters. The molecule has 0 radical (unpaired) electrons. The molecule has 1 rings (SSSR count). The summed E-state index contributed by atoms with van der Waals surface area (Å²) in [6.45, 7) is 0. The average Bonchev–Trinajstić information content (AvgIpc) is 2.25. The third-order valence-electron chi connectivity index (χ3n) is 1.88. The first-order chi connectivity index (χ1) is 7.19. The summed E-state index contributed by atoms with van der Waals surface area (Å²) in [4.78, 5) is 0. The van der Waals surface area contributed by atoms with Gasteiger partial charge in [0.05, 0.1) is 0 Å². The van der Waals surface area contributed by atoms with Crippen LogP contribution in [0.5, 0.6) is 0 Å². The van der Waals surface area contributed by atoms with Crippen molar-refractivity contribution in [3.8, 4) is 0 Å². The zero-order valence-corrected chi connectivity index (χ0v) is 8.54. The standard InChI is InChI=1S/C11H12F2O2/c1-14-10(15-2)7-6-8-4-3-5-9(12)11(8)13/h3-7,10H,1-2H3/b7-6+. The molecule has 0 bridgehead atoms. The highest BCUT2D eigenvalue weighted by molar-refractivity contribution is 5.50. The number of methoxy groups -OCH3 is 2. The molecule has 0 saturated carbocycles. The zero-order valence-electron chi connectivity index (χ0n) is 8.54. The molecule has 82 valence electrons. The van der Waals surface area contributed by atoms with Crippen LogP contribution >= 0.6 is 0 Å². The van der Waals surface area contributed by atoms with Gasteiger partial charge in [-0.1, -0.05) is 18.2 Å². The lowest BCUT2D eigenvalue weighted by Gasteiger charge is -2.07. The number of ether oxygens (including phenoxy) is 2. The highest BCUT2D eigenvalue weighted by Gasteiger charge is 2.05. The molecule has 2 nitrogen and oxygen atoms in total. The second-order valence-electron chi connectivity index (χ2n) is 2.84. The Morgan fingerprint density at radius 3 is 2.47 bits per heavy atom. The van der Waals surface area contributed by atoms with Crippen LogP contribution in [-0.2, 0) is 9.47 Å². The molecule has 0 fully saturated rings. The Balaban J connectivity index is 2.84. The summed E-state index contributed by atoms with van der Waals surface area (Å²) in [5.41, 5.74) is 0.161. The van der Waals surface area contributed by atoms with Gasteiger partial charge in [0, 0.05) is 19.8 Å². The van der Waals surface area contributed by atoms with E-state index in [1.54, 1.807) is 0 Å². The first kappa shape index (κ1) is 11.8. The maximum Gasteiger partial charge on any atom is 0.176 e. The van der Waals surface area contributed by atoms with E-state index in [-0.39, 0.29) is 5.56 Å². The Hall–Kier alpha value is -1.26. The lowest BCUT2D eigenvalue weighted by Crippen LogP contribution is -2.08. The van der Waals surface area contributed by atoms with E-state index in [2.05, 4.69) is 0 Å². The van der Waals surface area contributed by atoms with Crippen molar-refractivity contribution >= 4 is 6.08 Å². The number of hydrogen-bond acceptors (Lipinski definition) is 2. The van der Waals surface area contributed by atoms with Crippen LogP contribution in [0.4, 0.5) is 8.78 Å². The fourth-order valence-corrected chi connectivity index (χ4v) is 1.08. The second kappa shape index (κ2) is 5.58. The third kappa shape index (κ3) is 3.11. The van der Waals surface area contributed by atoms with Gasteiger partial charge in [0.2, 0.25) is 0 Å². The van der Waals surface area contributed by atoms with Crippen molar-refractivity contribution in [1.29, 1.82) is 0 Å². The van der Waals surface area contributed by atoms with Gasteiger partial charge in [-0.3, -0.25) is 0 Å². The Kier molecular flexibility index (Phi) is 4.39. The highest BCUT2D eigenvalue weighted by Crippen LogP contribution is 2.13. The van der Waals surface area contributed by atoms with Crippen molar-refractivity contribution in [2.75, 3.05) is 14.2 Å². The van der Waals surface area contributed by atoms with Crippen molar-refractivity contribution in [3.63, 3.8) is 0 Å². The molecule has 0 aliphatic carbocycles. The molecule has 0 heterocycles. The van der Waals surface area contributed by atoms with Crippen LogP contribution < -0.4 is 0 Å². The van der Waals surface area contributed by atoms with E-state index < -0.39 is 17.9 Å². The smallest absolute Gasteiger partial charge is 0.176 e. The lowest BCUT2D eigenvalue weighted by molar-refractivity contribution is -0.0660.